The van der Waals surface area contributed by atoms with Crippen molar-refractivity contribution in [1.82, 2.24) is 15.0 Å². The lowest BCUT2D eigenvalue weighted by Crippen LogP contribution is -2.12. The van der Waals surface area contributed by atoms with Crippen LogP contribution in [-0.4, -0.2) is 21.6 Å². The molecule has 26 heavy (non-hydrogen) atoms. The number of nitrogens with one attached hydrogen (secondary N) is 2. The molecule has 2 N–H and O–H groups in total. The second kappa shape index (κ2) is 6.97. The Bertz CT molecular complexity index is 1090. The third-order valence-corrected chi connectivity index (χ3v) is 4.73. The summed E-state index contributed by atoms with van der Waals surface area (Å²) in [6, 6.07) is 13.2. The molecule has 0 atom stereocenters. The van der Waals surface area contributed by atoms with Gasteiger partial charge in [-0.2, -0.15) is 4.98 Å². The van der Waals surface area contributed by atoms with Gasteiger partial charge >= 0.3 is 0 Å². The van der Waals surface area contributed by atoms with E-state index in [0.29, 0.717) is 23.6 Å². The number of aromatic amines is 1. The van der Waals surface area contributed by atoms with Gasteiger partial charge in [-0.25, -0.2) is 4.98 Å². The zero-order valence-electron chi connectivity index (χ0n) is 14.0. The Balaban J connectivity index is 1.70. The molecule has 3 heterocycles. The monoisotopic (exact) mass is 364 g/mol. The van der Waals surface area contributed by atoms with Crippen LogP contribution in [0, 0.1) is 0 Å². The third kappa shape index (κ3) is 3.16. The fourth-order valence-electron chi connectivity index (χ4n) is 2.70. The van der Waals surface area contributed by atoms with Gasteiger partial charge in [-0.1, -0.05) is 6.07 Å². The van der Waals surface area contributed by atoms with Gasteiger partial charge in [0.15, 0.2) is 5.65 Å². The van der Waals surface area contributed by atoms with E-state index < -0.39 is 0 Å². The number of anilines is 2. The van der Waals surface area contributed by atoms with Crippen LogP contribution in [0.15, 0.2) is 58.8 Å². The van der Waals surface area contributed by atoms with Gasteiger partial charge in [0, 0.05) is 22.3 Å². The van der Waals surface area contributed by atoms with E-state index >= 15 is 0 Å². The first-order valence-electron chi connectivity index (χ1n) is 8.17. The highest BCUT2D eigenvalue weighted by Crippen LogP contribution is 2.28. The Labute approximate surface area is 153 Å². The fraction of sp³-hybridized carbons (Fsp3) is 0.105. The van der Waals surface area contributed by atoms with E-state index in [1.807, 2.05) is 54.8 Å². The number of benzene rings is 1. The second-order valence-corrected chi connectivity index (χ2v) is 6.48. The van der Waals surface area contributed by atoms with Crippen LogP contribution in [0.4, 0.5) is 11.6 Å². The first-order chi connectivity index (χ1) is 12.7. The van der Waals surface area contributed by atoms with Crippen LogP contribution in [0.5, 0.6) is 5.75 Å². The molecule has 0 unspecified atom stereocenters. The summed E-state index contributed by atoms with van der Waals surface area (Å²) in [7, 11) is 0. The highest BCUT2D eigenvalue weighted by Gasteiger charge is 2.12. The van der Waals surface area contributed by atoms with Crippen LogP contribution in [0.3, 0.4) is 0 Å². The molecule has 4 rings (SSSR count). The average Bonchev–Trinajstić information content (AvgIpc) is 3.18. The molecule has 0 aliphatic carbocycles. The van der Waals surface area contributed by atoms with Gasteiger partial charge in [-0.3, -0.25) is 9.78 Å². The molecule has 6 nitrogen and oxygen atoms in total. The van der Waals surface area contributed by atoms with Crippen molar-refractivity contribution in [1.29, 1.82) is 0 Å². The number of nitrogens with zero attached hydrogens (tertiary/aromatic N) is 2. The van der Waals surface area contributed by atoms with Crippen LogP contribution in [0.2, 0.25) is 0 Å². The largest absolute Gasteiger partial charge is 0.494 e. The predicted octanol–water partition coefficient (Wildman–Crippen LogP) is 4.19. The predicted molar refractivity (Wildman–Crippen MR) is 104 cm³/mol. The van der Waals surface area contributed by atoms with Crippen LogP contribution in [0.25, 0.3) is 21.5 Å². The Morgan fingerprint density at radius 3 is 2.77 bits per heavy atom. The maximum absolute atomic E-state index is 12.7. The summed E-state index contributed by atoms with van der Waals surface area (Å²) in [4.78, 5) is 25.2. The minimum Gasteiger partial charge on any atom is -0.494 e. The van der Waals surface area contributed by atoms with Crippen molar-refractivity contribution in [2.45, 2.75) is 6.92 Å². The summed E-state index contributed by atoms with van der Waals surface area (Å²) in [5.41, 5.74) is 1.82. The number of thiophene rings is 1. The molecule has 0 fully saturated rings. The topological polar surface area (TPSA) is 79.9 Å². The number of hydrogen-bond donors (Lipinski definition) is 2. The summed E-state index contributed by atoms with van der Waals surface area (Å²) in [6.45, 7) is 2.55. The highest BCUT2D eigenvalue weighted by atomic mass is 32.1. The summed E-state index contributed by atoms with van der Waals surface area (Å²) in [5.74, 6) is 1.14. The zero-order valence-corrected chi connectivity index (χ0v) is 14.8. The quantitative estimate of drug-likeness (QED) is 0.555. The SMILES string of the molecule is CCOc1ccc(Nc2nc3nccc(-c4cccs4)c3c(=O)[nH]2)cc1. The third-order valence-electron chi connectivity index (χ3n) is 3.82. The molecule has 3 aromatic heterocycles. The fourth-order valence-corrected chi connectivity index (χ4v) is 3.46. The Hall–Kier alpha value is -3.19. The van der Waals surface area contributed by atoms with Gasteiger partial charge in [0.2, 0.25) is 5.95 Å². The van der Waals surface area contributed by atoms with Gasteiger partial charge in [0.05, 0.1) is 12.0 Å². The molecular formula is C19H16N4O2S. The van der Waals surface area contributed by atoms with Crippen molar-refractivity contribution in [3.63, 3.8) is 0 Å². The maximum Gasteiger partial charge on any atom is 0.262 e. The summed E-state index contributed by atoms with van der Waals surface area (Å²) < 4.78 is 5.43. The lowest BCUT2D eigenvalue weighted by atomic mass is 10.1. The number of fused-ring (bicyclic) bond motifs is 1. The lowest BCUT2D eigenvalue weighted by molar-refractivity contribution is 0.340. The van der Waals surface area contributed by atoms with E-state index in [2.05, 4.69) is 20.3 Å². The van der Waals surface area contributed by atoms with Crippen LogP contribution in [0.1, 0.15) is 6.92 Å². The van der Waals surface area contributed by atoms with Crippen LogP contribution in [-0.2, 0) is 0 Å². The number of H-pyrrole nitrogens is 1. The standard InChI is InChI=1S/C19H16N4O2S/c1-2-25-13-7-5-12(6-8-13)21-19-22-17-16(18(24)23-19)14(9-10-20-17)15-4-3-11-26-15/h3-11H,2H2,1H3,(H2,20,21,22,23,24). The second-order valence-electron chi connectivity index (χ2n) is 5.53. The van der Waals surface area contributed by atoms with Crippen molar-refractivity contribution in [3.8, 4) is 16.2 Å². The first-order valence-corrected chi connectivity index (χ1v) is 9.05. The van der Waals surface area contributed by atoms with E-state index in [9.17, 15) is 4.79 Å². The Morgan fingerprint density at radius 1 is 1.19 bits per heavy atom. The van der Waals surface area contributed by atoms with Gasteiger partial charge in [-0.05, 0) is 48.7 Å². The molecule has 0 bridgehead atoms. The minimum atomic E-state index is -0.222. The first kappa shape index (κ1) is 16.3. The van der Waals surface area contributed by atoms with Crippen molar-refractivity contribution in [2.24, 2.45) is 0 Å². The molecule has 1 aromatic carbocycles. The van der Waals surface area contributed by atoms with Gasteiger partial charge in [-0.15, -0.1) is 11.3 Å². The number of aromatic nitrogens is 3. The average molecular weight is 364 g/mol. The number of rotatable bonds is 5. The highest BCUT2D eigenvalue weighted by molar-refractivity contribution is 7.13. The van der Waals surface area contributed by atoms with Crippen molar-refractivity contribution in [3.05, 3.63) is 64.4 Å². The van der Waals surface area contributed by atoms with E-state index in [4.69, 9.17) is 4.74 Å². The summed E-state index contributed by atoms with van der Waals surface area (Å²) >= 11 is 1.58. The molecule has 7 heteroatoms. The number of pyridine rings is 1. The van der Waals surface area contributed by atoms with E-state index in [0.717, 1.165) is 21.9 Å². The minimum absolute atomic E-state index is 0.222. The van der Waals surface area contributed by atoms with Crippen LogP contribution >= 0.6 is 11.3 Å². The van der Waals surface area contributed by atoms with Gasteiger partial charge in [0.25, 0.3) is 5.56 Å². The van der Waals surface area contributed by atoms with E-state index in [1.165, 1.54) is 0 Å². The number of ether oxygens (including phenoxy) is 1. The van der Waals surface area contributed by atoms with Crippen molar-refractivity contribution >= 4 is 34.0 Å². The lowest BCUT2D eigenvalue weighted by Gasteiger charge is -2.09. The number of hydrogen-bond acceptors (Lipinski definition) is 6. The summed E-state index contributed by atoms with van der Waals surface area (Å²) in [6.07, 6.45) is 1.67. The normalized spacial score (nSPS) is 10.8. The molecule has 0 spiro atoms. The molecule has 0 amide bonds. The van der Waals surface area contributed by atoms with Crippen molar-refractivity contribution < 1.29 is 4.74 Å². The smallest absolute Gasteiger partial charge is 0.262 e. The Kier molecular flexibility index (Phi) is 4.37. The molecule has 0 aliphatic rings. The molecule has 4 aromatic rings. The van der Waals surface area contributed by atoms with Crippen molar-refractivity contribution in [2.75, 3.05) is 11.9 Å². The molecule has 130 valence electrons. The Morgan fingerprint density at radius 2 is 2.04 bits per heavy atom. The van der Waals surface area contributed by atoms with E-state index in [-0.39, 0.29) is 5.56 Å². The van der Waals surface area contributed by atoms with E-state index in [1.54, 1.807) is 17.5 Å². The zero-order chi connectivity index (χ0) is 17.9. The molecule has 0 saturated carbocycles. The van der Waals surface area contributed by atoms with Gasteiger partial charge in [0.1, 0.15) is 5.75 Å². The summed E-state index contributed by atoms with van der Waals surface area (Å²) in [5, 5.41) is 5.57. The van der Waals surface area contributed by atoms with Crippen LogP contribution < -0.4 is 15.6 Å². The van der Waals surface area contributed by atoms with Gasteiger partial charge < -0.3 is 10.1 Å². The molecule has 0 aliphatic heterocycles. The molecule has 0 radical (unpaired) electrons. The molecule has 0 saturated heterocycles. The molecular weight excluding hydrogens is 348 g/mol. The maximum atomic E-state index is 12.7.